The van der Waals surface area contributed by atoms with Crippen molar-refractivity contribution in [1.29, 1.82) is 0 Å². The van der Waals surface area contributed by atoms with Crippen LogP contribution in [0.15, 0.2) is 36.7 Å². The van der Waals surface area contributed by atoms with Crippen LogP contribution in [-0.2, 0) is 22.6 Å². The highest BCUT2D eigenvalue weighted by Gasteiger charge is 2.43. The molecule has 36 heavy (non-hydrogen) atoms. The molecule has 2 atom stereocenters. The molecular weight excluding hydrogens is 452 g/mol. The lowest BCUT2D eigenvalue weighted by atomic mass is 9.84. The molecule has 5 rings (SSSR count). The number of anilines is 1. The largest absolute Gasteiger partial charge is 0.494 e. The van der Waals surface area contributed by atoms with E-state index >= 15 is 0 Å². The highest BCUT2D eigenvalue weighted by atomic mass is 16.5. The first-order chi connectivity index (χ1) is 17.4. The fraction of sp³-hybridized carbons (Fsp3) is 0.621. The Balaban J connectivity index is 0.981. The zero-order chi connectivity index (χ0) is 25.1. The van der Waals surface area contributed by atoms with Crippen LogP contribution < -0.4 is 9.64 Å². The van der Waals surface area contributed by atoms with Gasteiger partial charge in [-0.3, -0.25) is 4.79 Å². The summed E-state index contributed by atoms with van der Waals surface area (Å²) in [4.78, 5) is 25.7. The second-order valence-corrected chi connectivity index (χ2v) is 11.7. The van der Waals surface area contributed by atoms with Crippen molar-refractivity contribution in [2.24, 2.45) is 23.2 Å². The van der Waals surface area contributed by atoms with E-state index in [0.29, 0.717) is 13.0 Å². The molecule has 0 spiro atoms. The van der Waals surface area contributed by atoms with Gasteiger partial charge < -0.3 is 19.3 Å². The van der Waals surface area contributed by atoms with Gasteiger partial charge in [-0.2, -0.15) is 0 Å². The first-order valence-corrected chi connectivity index (χ1v) is 13.4. The number of amides is 1. The second-order valence-electron chi connectivity index (χ2n) is 11.7. The molecule has 0 N–H and O–H groups in total. The molecule has 1 saturated carbocycles. The molecule has 3 aliphatic rings. The van der Waals surface area contributed by atoms with E-state index in [2.05, 4.69) is 28.7 Å². The predicted octanol–water partition coefficient (Wildman–Crippen LogP) is 4.36. The summed E-state index contributed by atoms with van der Waals surface area (Å²) in [7, 11) is 1.69. The van der Waals surface area contributed by atoms with Gasteiger partial charge in [0.2, 0.25) is 11.9 Å². The topological polar surface area (TPSA) is 67.8 Å². The molecule has 1 aromatic heterocycles. The van der Waals surface area contributed by atoms with Gasteiger partial charge >= 0.3 is 0 Å². The van der Waals surface area contributed by atoms with Crippen LogP contribution in [0.25, 0.3) is 0 Å². The number of aromatic nitrogens is 2. The minimum Gasteiger partial charge on any atom is -0.494 e. The van der Waals surface area contributed by atoms with Gasteiger partial charge in [0.1, 0.15) is 5.75 Å². The Hall–Kier alpha value is -2.67. The fourth-order valence-electron chi connectivity index (χ4n) is 5.94. The van der Waals surface area contributed by atoms with Gasteiger partial charge in [-0.15, -0.1) is 0 Å². The lowest BCUT2D eigenvalue weighted by Crippen LogP contribution is -2.55. The number of likely N-dealkylation sites (tertiary alicyclic amines) is 1. The van der Waals surface area contributed by atoms with Gasteiger partial charge in [0.05, 0.1) is 19.6 Å². The summed E-state index contributed by atoms with van der Waals surface area (Å²) in [5.74, 6) is 4.42. The van der Waals surface area contributed by atoms with E-state index in [1.165, 1.54) is 19.3 Å². The molecule has 1 aromatic carbocycles. The zero-order valence-corrected chi connectivity index (χ0v) is 22.0. The minimum atomic E-state index is 0.223. The van der Waals surface area contributed by atoms with Crippen LogP contribution in [0.4, 0.5) is 5.95 Å². The number of carbonyl (C=O) groups is 1. The monoisotopic (exact) mass is 492 g/mol. The van der Waals surface area contributed by atoms with E-state index in [1.54, 1.807) is 7.11 Å². The van der Waals surface area contributed by atoms with E-state index in [1.807, 2.05) is 41.6 Å². The van der Waals surface area contributed by atoms with Crippen LogP contribution >= 0.6 is 0 Å². The highest BCUT2D eigenvalue weighted by Crippen LogP contribution is 2.49. The van der Waals surface area contributed by atoms with E-state index in [4.69, 9.17) is 9.47 Å². The average Bonchev–Trinajstić information content (AvgIpc) is 3.64. The molecule has 0 unspecified atom stereocenters. The summed E-state index contributed by atoms with van der Waals surface area (Å²) in [5.41, 5.74) is 2.34. The van der Waals surface area contributed by atoms with Gasteiger partial charge in [-0.05, 0) is 66.5 Å². The summed E-state index contributed by atoms with van der Waals surface area (Å²) in [5, 5.41) is 0. The Kier molecular flexibility index (Phi) is 7.47. The molecule has 2 saturated heterocycles. The summed E-state index contributed by atoms with van der Waals surface area (Å²) < 4.78 is 11.2. The molecule has 7 heteroatoms. The van der Waals surface area contributed by atoms with Crippen LogP contribution in [-0.4, -0.2) is 60.7 Å². The van der Waals surface area contributed by atoms with E-state index in [9.17, 15) is 4.79 Å². The first-order valence-electron chi connectivity index (χ1n) is 13.4. The number of hydrogen-bond donors (Lipinski definition) is 0. The van der Waals surface area contributed by atoms with Gasteiger partial charge in [0.15, 0.2) is 0 Å². The zero-order valence-electron chi connectivity index (χ0n) is 22.0. The predicted molar refractivity (Wildman–Crippen MR) is 140 cm³/mol. The maximum atomic E-state index is 12.4. The third-order valence-electron chi connectivity index (χ3n) is 8.03. The Morgan fingerprint density at radius 2 is 1.75 bits per heavy atom. The minimum absolute atomic E-state index is 0.223. The van der Waals surface area contributed by atoms with Crippen molar-refractivity contribution < 1.29 is 14.3 Å². The molecule has 3 heterocycles. The Bertz CT molecular complexity index is 1010. The summed E-state index contributed by atoms with van der Waals surface area (Å²) >= 11 is 0. The smallest absolute Gasteiger partial charge is 0.227 e. The number of rotatable bonds is 10. The maximum absolute atomic E-state index is 12.4. The maximum Gasteiger partial charge on any atom is 0.227 e. The van der Waals surface area contributed by atoms with Gasteiger partial charge in [-0.1, -0.05) is 26.0 Å². The number of methoxy groups -OCH3 is 1. The average molecular weight is 493 g/mol. The van der Waals surface area contributed by atoms with Crippen LogP contribution in [0.5, 0.6) is 5.75 Å². The highest BCUT2D eigenvalue weighted by molar-refractivity contribution is 5.79. The van der Waals surface area contributed by atoms with Crippen molar-refractivity contribution in [2.45, 2.75) is 52.6 Å². The fourth-order valence-corrected chi connectivity index (χ4v) is 5.94. The van der Waals surface area contributed by atoms with E-state index in [0.717, 1.165) is 79.8 Å². The van der Waals surface area contributed by atoms with Crippen molar-refractivity contribution in [3.63, 3.8) is 0 Å². The Morgan fingerprint density at radius 1 is 1.06 bits per heavy atom. The summed E-state index contributed by atoms with van der Waals surface area (Å²) in [6.45, 7) is 9.54. The number of hydrogen-bond acceptors (Lipinski definition) is 6. The number of benzene rings is 1. The lowest BCUT2D eigenvalue weighted by Gasteiger charge is -2.45. The molecule has 0 bridgehead atoms. The van der Waals surface area contributed by atoms with Crippen molar-refractivity contribution >= 4 is 11.9 Å². The number of piperidine rings is 1. The molecule has 2 aromatic rings. The molecule has 3 fully saturated rings. The summed E-state index contributed by atoms with van der Waals surface area (Å²) in [6, 6.07) is 8.07. The van der Waals surface area contributed by atoms with E-state index in [-0.39, 0.29) is 11.3 Å². The van der Waals surface area contributed by atoms with Gasteiger partial charge in [0, 0.05) is 51.2 Å². The molecule has 7 nitrogen and oxygen atoms in total. The second kappa shape index (κ2) is 10.8. The first kappa shape index (κ1) is 25.0. The van der Waals surface area contributed by atoms with Crippen molar-refractivity contribution in [1.82, 2.24) is 14.9 Å². The molecule has 1 amide bonds. The van der Waals surface area contributed by atoms with Gasteiger partial charge in [0.25, 0.3) is 0 Å². The SMILES string of the molecule is COCc1cnc(N2CCC([C@H]3C[C@H]3CCOc3ccc(CC(=O)N4CC(C)(C)C4)cc3)CC2)nc1. The standard InChI is InChI=1S/C29H40N4O3/c1-29(2)19-33(20-29)27(34)14-21-4-6-25(7-5-21)36-13-10-24-15-26(24)23-8-11-32(12-9-23)28-30-16-22(17-31-28)18-35-3/h4-7,16-17,23-24,26H,8-15,18-20H2,1-3H3/t24-,26-/m1/s1. The van der Waals surface area contributed by atoms with Crippen molar-refractivity contribution in [2.75, 3.05) is 44.8 Å². The number of carbonyl (C=O) groups excluding carboxylic acids is 1. The number of nitrogens with zero attached hydrogens (tertiary/aromatic N) is 4. The third-order valence-corrected chi connectivity index (χ3v) is 8.03. The molecular formula is C29H40N4O3. The third kappa shape index (κ3) is 6.17. The quantitative estimate of drug-likeness (QED) is 0.491. The normalized spacial score (nSPS) is 23.3. The number of ether oxygens (including phenoxy) is 2. The van der Waals surface area contributed by atoms with Crippen LogP contribution in [0.1, 0.15) is 50.7 Å². The van der Waals surface area contributed by atoms with Crippen molar-refractivity contribution in [3.8, 4) is 5.75 Å². The van der Waals surface area contributed by atoms with Crippen LogP contribution in [0.2, 0.25) is 0 Å². The van der Waals surface area contributed by atoms with Crippen LogP contribution in [0, 0.1) is 23.2 Å². The molecule has 0 radical (unpaired) electrons. The summed E-state index contributed by atoms with van der Waals surface area (Å²) in [6.07, 6.45) is 9.13. The van der Waals surface area contributed by atoms with E-state index < -0.39 is 0 Å². The van der Waals surface area contributed by atoms with Gasteiger partial charge in [-0.25, -0.2) is 9.97 Å². The molecule has 2 aliphatic heterocycles. The van der Waals surface area contributed by atoms with Crippen molar-refractivity contribution in [3.05, 3.63) is 47.8 Å². The Morgan fingerprint density at radius 3 is 2.39 bits per heavy atom. The van der Waals surface area contributed by atoms with Crippen LogP contribution in [0.3, 0.4) is 0 Å². The molecule has 194 valence electrons. The Labute approximate surface area is 215 Å². The molecule has 1 aliphatic carbocycles. The lowest BCUT2D eigenvalue weighted by molar-refractivity contribution is -0.140.